The molecule has 0 unspecified atom stereocenters. The number of carbonyl (C=O) groups excluding carboxylic acids is 1. The molecule has 0 aliphatic heterocycles. The Kier molecular flexibility index (Phi) is 9.31. The molecule has 0 radical (unpaired) electrons. The summed E-state index contributed by atoms with van der Waals surface area (Å²) < 4.78 is 12.4. The zero-order valence-electron chi connectivity index (χ0n) is 16.8. The third-order valence-electron chi connectivity index (χ3n) is 4.13. The summed E-state index contributed by atoms with van der Waals surface area (Å²) in [5.74, 6) is 0.971. The van der Waals surface area contributed by atoms with Gasteiger partial charge in [-0.3, -0.25) is 4.79 Å². The summed E-state index contributed by atoms with van der Waals surface area (Å²) in [4.78, 5) is 12.2. The molecule has 0 atom stereocenters. The Labute approximate surface area is 175 Å². The van der Waals surface area contributed by atoms with Gasteiger partial charge in [0.1, 0.15) is 0 Å². The third-order valence-corrected chi connectivity index (χ3v) is 4.87. The molecule has 0 saturated heterocycles. The van der Waals surface area contributed by atoms with Crippen LogP contribution in [0.5, 0.6) is 11.5 Å². The molecule has 5 nitrogen and oxygen atoms in total. The Morgan fingerprint density at radius 2 is 1.79 bits per heavy atom. The van der Waals surface area contributed by atoms with Crippen LogP contribution in [-0.4, -0.2) is 25.7 Å². The van der Waals surface area contributed by atoms with E-state index in [1.54, 1.807) is 0 Å². The standard InChI is InChI=1S/C22H29BrN2O3/c1-4-6-11-24-14-17-12-20(27-5-2)21(13-19(17)23)28-15-22(26)25-18-9-7-16(3)8-10-18/h7-10,12-13,24H,4-6,11,14-15H2,1-3H3,(H,25,26). The van der Waals surface area contributed by atoms with Gasteiger partial charge in [-0.2, -0.15) is 0 Å². The van der Waals surface area contributed by atoms with Crippen molar-refractivity contribution < 1.29 is 14.3 Å². The molecular formula is C22H29BrN2O3. The predicted molar refractivity (Wildman–Crippen MR) is 117 cm³/mol. The number of rotatable bonds is 11. The van der Waals surface area contributed by atoms with Gasteiger partial charge in [-0.25, -0.2) is 0 Å². The van der Waals surface area contributed by atoms with Gasteiger partial charge in [-0.05, 0) is 56.6 Å². The molecule has 0 aliphatic rings. The van der Waals surface area contributed by atoms with E-state index in [4.69, 9.17) is 9.47 Å². The fourth-order valence-corrected chi connectivity index (χ4v) is 3.06. The number of nitrogens with one attached hydrogen (secondary N) is 2. The maximum Gasteiger partial charge on any atom is 0.262 e. The van der Waals surface area contributed by atoms with E-state index in [0.29, 0.717) is 18.1 Å². The number of unbranched alkanes of at least 4 members (excludes halogenated alkanes) is 1. The number of carbonyl (C=O) groups is 1. The minimum absolute atomic E-state index is 0.0888. The quantitative estimate of drug-likeness (QED) is 0.471. The molecule has 28 heavy (non-hydrogen) atoms. The second-order valence-corrected chi connectivity index (χ2v) is 7.41. The van der Waals surface area contributed by atoms with Crippen LogP contribution < -0.4 is 20.1 Å². The predicted octanol–water partition coefficient (Wildman–Crippen LogP) is 5.06. The molecule has 0 bridgehead atoms. The van der Waals surface area contributed by atoms with Gasteiger partial charge in [-0.1, -0.05) is 47.0 Å². The molecule has 0 aliphatic carbocycles. The number of amides is 1. The van der Waals surface area contributed by atoms with Crippen LogP contribution in [0.25, 0.3) is 0 Å². The van der Waals surface area contributed by atoms with Crippen LogP contribution >= 0.6 is 15.9 Å². The minimum Gasteiger partial charge on any atom is -0.490 e. The van der Waals surface area contributed by atoms with Gasteiger partial charge in [0.15, 0.2) is 18.1 Å². The molecular weight excluding hydrogens is 420 g/mol. The maximum atomic E-state index is 12.2. The maximum absolute atomic E-state index is 12.2. The van der Waals surface area contributed by atoms with Crippen molar-refractivity contribution in [1.82, 2.24) is 5.32 Å². The van der Waals surface area contributed by atoms with Gasteiger partial charge in [-0.15, -0.1) is 0 Å². The first-order valence-corrected chi connectivity index (χ1v) is 10.5. The molecule has 2 N–H and O–H groups in total. The SMILES string of the molecule is CCCCNCc1cc(OCC)c(OCC(=O)Nc2ccc(C)cc2)cc1Br. The average Bonchev–Trinajstić information content (AvgIpc) is 2.68. The van der Waals surface area contributed by atoms with E-state index in [2.05, 4.69) is 33.5 Å². The number of hydrogen-bond donors (Lipinski definition) is 2. The van der Waals surface area contributed by atoms with Crippen molar-refractivity contribution >= 4 is 27.5 Å². The van der Waals surface area contributed by atoms with Crippen molar-refractivity contribution in [1.29, 1.82) is 0 Å². The number of benzene rings is 2. The smallest absolute Gasteiger partial charge is 0.262 e. The van der Waals surface area contributed by atoms with E-state index < -0.39 is 0 Å². The molecule has 6 heteroatoms. The van der Waals surface area contributed by atoms with Crippen LogP contribution in [-0.2, 0) is 11.3 Å². The highest BCUT2D eigenvalue weighted by Gasteiger charge is 2.13. The Bertz CT molecular complexity index is 763. The average molecular weight is 449 g/mol. The van der Waals surface area contributed by atoms with E-state index in [0.717, 1.165) is 47.2 Å². The van der Waals surface area contributed by atoms with Crippen molar-refractivity contribution in [3.63, 3.8) is 0 Å². The Morgan fingerprint density at radius 3 is 2.46 bits per heavy atom. The van der Waals surface area contributed by atoms with Gasteiger partial charge in [0.2, 0.25) is 0 Å². The molecule has 0 saturated carbocycles. The normalized spacial score (nSPS) is 10.6. The van der Waals surface area contributed by atoms with E-state index in [9.17, 15) is 4.79 Å². The fourth-order valence-electron chi connectivity index (χ4n) is 2.60. The van der Waals surface area contributed by atoms with Crippen LogP contribution in [0, 0.1) is 6.92 Å². The first-order valence-electron chi connectivity index (χ1n) is 9.68. The zero-order valence-corrected chi connectivity index (χ0v) is 18.4. The van der Waals surface area contributed by atoms with E-state index >= 15 is 0 Å². The van der Waals surface area contributed by atoms with E-state index in [-0.39, 0.29) is 12.5 Å². The Morgan fingerprint density at radius 1 is 1.07 bits per heavy atom. The molecule has 152 valence electrons. The van der Waals surface area contributed by atoms with E-state index in [1.165, 1.54) is 0 Å². The van der Waals surface area contributed by atoms with Crippen LogP contribution in [0.15, 0.2) is 40.9 Å². The molecule has 2 aromatic carbocycles. The first kappa shape index (κ1) is 22.2. The lowest BCUT2D eigenvalue weighted by Crippen LogP contribution is -2.20. The van der Waals surface area contributed by atoms with Crippen LogP contribution in [0.3, 0.4) is 0 Å². The summed E-state index contributed by atoms with van der Waals surface area (Å²) in [5.41, 5.74) is 2.99. The monoisotopic (exact) mass is 448 g/mol. The van der Waals surface area contributed by atoms with Gasteiger partial charge in [0, 0.05) is 16.7 Å². The van der Waals surface area contributed by atoms with Crippen LogP contribution in [0.4, 0.5) is 5.69 Å². The van der Waals surface area contributed by atoms with Crippen molar-refractivity contribution in [3.8, 4) is 11.5 Å². The largest absolute Gasteiger partial charge is 0.490 e. The van der Waals surface area contributed by atoms with E-state index in [1.807, 2.05) is 50.2 Å². The molecule has 0 heterocycles. The number of anilines is 1. The second-order valence-electron chi connectivity index (χ2n) is 6.56. The lowest BCUT2D eigenvalue weighted by Gasteiger charge is -2.15. The summed E-state index contributed by atoms with van der Waals surface area (Å²) >= 11 is 3.59. The number of ether oxygens (including phenoxy) is 2. The molecule has 2 aromatic rings. The summed E-state index contributed by atoms with van der Waals surface area (Å²) in [6.07, 6.45) is 2.31. The highest BCUT2D eigenvalue weighted by atomic mass is 79.9. The van der Waals surface area contributed by atoms with Crippen molar-refractivity contribution in [3.05, 3.63) is 52.0 Å². The van der Waals surface area contributed by atoms with Gasteiger partial charge >= 0.3 is 0 Å². The molecule has 0 aromatic heterocycles. The number of aryl methyl sites for hydroxylation is 1. The van der Waals surface area contributed by atoms with Crippen LogP contribution in [0.1, 0.15) is 37.8 Å². The molecule has 0 spiro atoms. The minimum atomic E-state index is -0.215. The molecule has 1 amide bonds. The topological polar surface area (TPSA) is 59.6 Å². The third kappa shape index (κ3) is 7.17. The number of halogens is 1. The Hall–Kier alpha value is -2.05. The molecule has 0 fully saturated rings. The van der Waals surface area contributed by atoms with Gasteiger partial charge in [0.25, 0.3) is 5.91 Å². The van der Waals surface area contributed by atoms with Crippen molar-refractivity contribution in [2.75, 3.05) is 25.1 Å². The van der Waals surface area contributed by atoms with Gasteiger partial charge in [0.05, 0.1) is 6.61 Å². The van der Waals surface area contributed by atoms with Gasteiger partial charge < -0.3 is 20.1 Å². The lowest BCUT2D eigenvalue weighted by molar-refractivity contribution is -0.118. The highest BCUT2D eigenvalue weighted by molar-refractivity contribution is 9.10. The summed E-state index contributed by atoms with van der Waals surface area (Å²) in [6.45, 7) is 8.26. The molecule has 2 rings (SSSR count). The Balaban J connectivity index is 1.99. The summed E-state index contributed by atoms with van der Waals surface area (Å²) in [5, 5.41) is 6.25. The van der Waals surface area contributed by atoms with Crippen molar-refractivity contribution in [2.45, 2.75) is 40.2 Å². The van der Waals surface area contributed by atoms with Crippen molar-refractivity contribution in [2.24, 2.45) is 0 Å². The zero-order chi connectivity index (χ0) is 20.4. The summed E-state index contributed by atoms with van der Waals surface area (Å²) in [6, 6.07) is 11.5. The van der Waals surface area contributed by atoms with Crippen LogP contribution in [0.2, 0.25) is 0 Å². The highest BCUT2D eigenvalue weighted by Crippen LogP contribution is 2.34. The second kappa shape index (κ2) is 11.7. The summed E-state index contributed by atoms with van der Waals surface area (Å²) in [7, 11) is 0. The lowest BCUT2D eigenvalue weighted by atomic mass is 10.2. The first-order chi connectivity index (χ1) is 13.5. The fraction of sp³-hybridized carbons (Fsp3) is 0.409. The number of hydrogen-bond acceptors (Lipinski definition) is 4.